The van der Waals surface area contributed by atoms with Crippen LogP contribution in [0, 0.1) is 28.6 Å². The molecule has 1 heterocycles. The summed E-state index contributed by atoms with van der Waals surface area (Å²) in [6, 6.07) is 30.3. The molecular weight excluding hydrogens is 763 g/mol. The van der Waals surface area contributed by atoms with Gasteiger partial charge in [-0.1, -0.05) is 79.2 Å². The maximum atomic E-state index is 14.8. The summed E-state index contributed by atoms with van der Waals surface area (Å²) in [4.78, 5) is 32.2. The number of allylic oxidation sites excluding steroid dienone is 2. The molecule has 4 aromatic carbocycles. The lowest BCUT2D eigenvalue weighted by Gasteiger charge is -2.58. The Kier molecular flexibility index (Phi) is 10.3. The van der Waals surface area contributed by atoms with Crippen molar-refractivity contribution in [3.05, 3.63) is 124 Å². The van der Waals surface area contributed by atoms with Crippen LogP contribution in [-0.2, 0) is 6.42 Å². The van der Waals surface area contributed by atoms with Crippen molar-refractivity contribution in [2.75, 3.05) is 13.1 Å². The molecule has 0 radical (unpaired) electrons. The van der Waals surface area contributed by atoms with Crippen LogP contribution in [0.4, 0.5) is 4.79 Å². The van der Waals surface area contributed by atoms with Crippen molar-refractivity contribution in [3.8, 4) is 5.75 Å². The minimum atomic E-state index is -1.24. The predicted molar refractivity (Wildman–Crippen MR) is 241 cm³/mol. The smallest absolute Gasteiger partial charge is 0.410 e. The second-order valence-electron chi connectivity index (χ2n) is 20.1. The Balaban J connectivity index is 1.03. The maximum absolute atomic E-state index is 14.8. The Morgan fingerprint density at radius 3 is 2.28 bits per heavy atom. The Morgan fingerprint density at radius 2 is 1.53 bits per heavy atom. The standard InChI is InChI=1S/C53H59NO5S/c1-34-8-7-20-51(2)46(44-18-14-35(25-42(55)16-13-34)26-45(44)49(56)48-28-41-11-5-6-12-47(41)60-48)19-21-53(51,58)33-54(32-52-29-36-22-37(30-52)24-38(23-36)31-52)50(57)59-43-17-15-39-9-3-4-10-40(39)27-43/h3-6,8-12,14-15,17-18,26-28,36-38,42,46,55,58H,7,13,16,19-25,29-33H2,1-2H3/t36?,37?,38?,42-,46-,51-,52?,53+/m0/s1. The Hall–Kier alpha value is -4.30. The number of ether oxygens (including phenoxy) is 1. The molecule has 6 nitrogen and oxygen atoms in total. The molecule has 0 aliphatic heterocycles. The lowest BCUT2D eigenvalue weighted by atomic mass is 9.49. The number of benzene rings is 4. The molecule has 0 saturated heterocycles. The zero-order chi connectivity index (χ0) is 41.2. The molecular formula is C53H59NO5S. The maximum Gasteiger partial charge on any atom is 0.415 e. The number of amides is 1. The van der Waals surface area contributed by atoms with Gasteiger partial charge in [0.15, 0.2) is 0 Å². The molecule has 5 fully saturated rings. The average Bonchev–Trinajstić information content (AvgIpc) is 3.77. The summed E-state index contributed by atoms with van der Waals surface area (Å²) in [6.07, 6.45) is 13.3. The van der Waals surface area contributed by atoms with Gasteiger partial charge in [0.25, 0.3) is 0 Å². The number of fused-ring (bicyclic) bond motifs is 10. The van der Waals surface area contributed by atoms with Gasteiger partial charge in [0.1, 0.15) is 5.75 Å². The number of rotatable bonds is 7. The fraction of sp³-hybridized carbons (Fsp3) is 0.472. The number of nitrogens with zero attached hydrogens (tertiary/aromatic N) is 1. The number of carbonyl (C=O) groups excluding carboxylic acids is 2. The lowest BCUT2D eigenvalue weighted by molar-refractivity contribution is -0.101. The molecule has 5 saturated carbocycles. The van der Waals surface area contributed by atoms with Crippen LogP contribution in [-0.4, -0.2) is 51.8 Å². The minimum Gasteiger partial charge on any atom is -0.410 e. The zero-order valence-electron chi connectivity index (χ0n) is 35.2. The van der Waals surface area contributed by atoms with Crippen LogP contribution in [0.25, 0.3) is 20.9 Å². The van der Waals surface area contributed by atoms with Gasteiger partial charge >= 0.3 is 6.09 Å². The highest BCUT2D eigenvalue weighted by Gasteiger charge is 2.59. The van der Waals surface area contributed by atoms with Crippen molar-refractivity contribution in [1.82, 2.24) is 4.90 Å². The van der Waals surface area contributed by atoms with Crippen molar-refractivity contribution >= 4 is 44.1 Å². The summed E-state index contributed by atoms with van der Waals surface area (Å²) in [7, 11) is 0. The molecule has 6 bridgehead atoms. The minimum absolute atomic E-state index is 0.00873. The molecule has 7 aliphatic carbocycles. The first kappa shape index (κ1) is 39.8. The van der Waals surface area contributed by atoms with Crippen LogP contribution >= 0.6 is 11.3 Å². The van der Waals surface area contributed by atoms with Crippen LogP contribution in [0.15, 0.2) is 103 Å². The molecule has 1 amide bonds. The SMILES string of the molecule is CC1=CCC[C@@]2(C)[C@@H](CC[C@@]2(O)CN(CC23CC4CC(CC(C4)C2)C3)C(=O)Oc2ccc3ccccc3c2)c2ccc(cc2C(=O)c2cc3ccccc3s2)C[C@@H](O)CC1. The van der Waals surface area contributed by atoms with Crippen molar-refractivity contribution in [1.29, 1.82) is 0 Å². The van der Waals surface area contributed by atoms with Gasteiger partial charge in [0, 0.05) is 22.2 Å². The highest BCUT2D eigenvalue weighted by molar-refractivity contribution is 7.21. The van der Waals surface area contributed by atoms with Crippen LogP contribution in [0.2, 0.25) is 0 Å². The van der Waals surface area contributed by atoms with E-state index in [1.165, 1.54) is 36.2 Å². The molecule has 7 aliphatic rings. The van der Waals surface area contributed by atoms with Crippen LogP contribution in [0.3, 0.4) is 0 Å². The first-order chi connectivity index (χ1) is 28.9. The van der Waals surface area contributed by atoms with Crippen molar-refractivity contribution in [3.63, 3.8) is 0 Å². The molecule has 7 heteroatoms. The molecule has 12 rings (SSSR count). The van der Waals surface area contributed by atoms with E-state index >= 15 is 0 Å². The molecule has 5 aromatic rings. The molecule has 312 valence electrons. The Labute approximate surface area is 358 Å². The van der Waals surface area contributed by atoms with Crippen LogP contribution in [0.1, 0.15) is 123 Å². The van der Waals surface area contributed by atoms with Gasteiger partial charge < -0.3 is 19.8 Å². The molecule has 0 unspecified atom stereocenters. The van der Waals surface area contributed by atoms with Gasteiger partial charge in [-0.05, 0) is 177 Å². The Bertz CT molecular complexity index is 2420. The van der Waals surface area contributed by atoms with E-state index < -0.39 is 17.1 Å². The highest BCUT2D eigenvalue weighted by Crippen LogP contribution is 2.62. The predicted octanol–water partition coefficient (Wildman–Crippen LogP) is 12.0. The summed E-state index contributed by atoms with van der Waals surface area (Å²) in [6.45, 7) is 5.14. The average molecular weight is 822 g/mol. The van der Waals surface area contributed by atoms with Crippen molar-refractivity contribution in [2.45, 2.75) is 115 Å². The van der Waals surface area contributed by atoms with Gasteiger partial charge in [-0.3, -0.25) is 4.79 Å². The number of carbonyl (C=O) groups is 2. The fourth-order valence-corrected chi connectivity index (χ4v) is 14.2. The van der Waals surface area contributed by atoms with Gasteiger partial charge in [0.05, 0.1) is 23.1 Å². The molecule has 1 aromatic heterocycles. The number of ketones is 1. The third-order valence-corrected chi connectivity index (χ3v) is 17.0. The molecule has 4 atom stereocenters. The molecule has 60 heavy (non-hydrogen) atoms. The molecule has 2 N–H and O–H groups in total. The summed E-state index contributed by atoms with van der Waals surface area (Å²) in [5.41, 5.74) is 1.93. The summed E-state index contributed by atoms with van der Waals surface area (Å²) < 4.78 is 7.41. The van der Waals surface area contributed by atoms with Crippen molar-refractivity contribution < 1.29 is 24.5 Å². The number of aliphatic hydroxyl groups excluding tert-OH is 1. The third-order valence-electron chi connectivity index (χ3n) is 15.9. The van der Waals surface area contributed by atoms with E-state index in [4.69, 9.17) is 4.74 Å². The first-order valence-corrected chi connectivity index (χ1v) is 23.4. The second-order valence-corrected chi connectivity index (χ2v) is 21.2. The van der Waals surface area contributed by atoms with E-state index in [-0.39, 0.29) is 29.8 Å². The number of hydrogen-bond acceptors (Lipinski definition) is 6. The topological polar surface area (TPSA) is 87.1 Å². The molecule has 0 spiro atoms. The fourth-order valence-electron chi connectivity index (χ4n) is 13.2. The summed E-state index contributed by atoms with van der Waals surface area (Å²) in [5.74, 6) is 2.55. The first-order valence-electron chi connectivity index (χ1n) is 22.6. The third kappa shape index (κ3) is 7.43. The second kappa shape index (κ2) is 15.6. The van der Waals surface area contributed by atoms with Crippen LogP contribution in [0.5, 0.6) is 5.75 Å². The van der Waals surface area contributed by atoms with Crippen LogP contribution < -0.4 is 4.74 Å². The van der Waals surface area contributed by atoms with E-state index in [1.807, 2.05) is 65.6 Å². The van der Waals surface area contributed by atoms with Gasteiger partial charge in [-0.15, -0.1) is 11.3 Å². The van der Waals surface area contributed by atoms with E-state index in [0.29, 0.717) is 54.8 Å². The quantitative estimate of drug-likeness (QED) is 0.126. The zero-order valence-corrected chi connectivity index (χ0v) is 36.0. The summed E-state index contributed by atoms with van der Waals surface area (Å²) >= 11 is 1.52. The normalized spacial score (nSPS) is 31.2. The van der Waals surface area contributed by atoms with Gasteiger partial charge in [-0.2, -0.15) is 0 Å². The highest BCUT2D eigenvalue weighted by atomic mass is 32.1. The number of hydrogen-bond donors (Lipinski definition) is 2. The van der Waals surface area contributed by atoms with E-state index in [1.54, 1.807) is 0 Å². The van der Waals surface area contributed by atoms with E-state index in [0.717, 1.165) is 81.8 Å². The van der Waals surface area contributed by atoms with Gasteiger partial charge in [0.2, 0.25) is 5.78 Å². The lowest BCUT2D eigenvalue weighted by Crippen LogP contribution is -2.58. The van der Waals surface area contributed by atoms with E-state index in [9.17, 15) is 19.8 Å². The number of thiophene rings is 1. The number of aliphatic hydroxyl groups is 2. The monoisotopic (exact) mass is 821 g/mol. The largest absolute Gasteiger partial charge is 0.415 e. The summed E-state index contributed by atoms with van der Waals surface area (Å²) in [5, 5.41) is 27.8. The van der Waals surface area contributed by atoms with Crippen molar-refractivity contribution in [2.24, 2.45) is 28.6 Å². The Morgan fingerprint density at radius 1 is 0.817 bits per heavy atom. The van der Waals surface area contributed by atoms with Gasteiger partial charge in [-0.25, -0.2) is 4.79 Å². The van der Waals surface area contributed by atoms with E-state index in [2.05, 4.69) is 50.3 Å².